The first-order chi connectivity index (χ1) is 7.29. The molecule has 1 aliphatic rings. The molecule has 1 N–H and O–H groups in total. The summed E-state index contributed by atoms with van der Waals surface area (Å²) in [6.45, 7) is 2.08. The van der Waals surface area contributed by atoms with E-state index in [2.05, 4.69) is 41.5 Å². The van der Waals surface area contributed by atoms with Gasteiger partial charge in [-0.05, 0) is 18.6 Å². The van der Waals surface area contributed by atoms with Crippen molar-refractivity contribution in [2.45, 2.75) is 17.7 Å². The Bertz CT molecular complexity index is 372. The molecule has 1 atom stereocenters. The van der Waals surface area contributed by atoms with Crippen LogP contribution in [0.1, 0.15) is 12.5 Å². The van der Waals surface area contributed by atoms with Gasteiger partial charge in [-0.2, -0.15) is 0 Å². The number of aliphatic imine (C=N–C) groups is 1. The lowest BCUT2D eigenvalue weighted by molar-refractivity contribution is 0.608. The van der Waals surface area contributed by atoms with E-state index < -0.39 is 0 Å². The van der Waals surface area contributed by atoms with E-state index in [1.807, 2.05) is 24.6 Å². The van der Waals surface area contributed by atoms with E-state index in [1.165, 1.54) is 5.56 Å². The molecule has 15 heavy (non-hydrogen) atoms. The minimum atomic E-state index is -0.218. The van der Waals surface area contributed by atoms with Gasteiger partial charge in [0.2, 0.25) is 0 Å². The molecule has 0 aromatic heterocycles. The van der Waals surface area contributed by atoms with Gasteiger partial charge in [-0.1, -0.05) is 30.3 Å². The predicted octanol–water partition coefficient (Wildman–Crippen LogP) is 2.78. The fraction of sp³-hybridized carbons (Fsp3) is 0.250. The van der Waals surface area contributed by atoms with Gasteiger partial charge in [0.15, 0.2) is 4.99 Å². The van der Waals surface area contributed by atoms with Gasteiger partial charge in [0.05, 0.1) is 0 Å². The molecule has 0 spiro atoms. The lowest BCUT2D eigenvalue weighted by atomic mass is 10.2. The maximum Gasteiger partial charge on any atom is 0.174 e. The van der Waals surface area contributed by atoms with Crippen LogP contribution < -0.4 is 5.32 Å². The highest BCUT2D eigenvalue weighted by molar-refractivity contribution is 7.99. The van der Waals surface area contributed by atoms with Crippen LogP contribution in [-0.4, -0.2) is 11.2 Å². The Labute approximate surface area is 94.5 Å². The first-order valence-corrected chi connectivity index (χ1v) is 5.93. The van der Waals surface area contributed by atoms with Gasteiger partial charge >= 0.3 is 0 Å². The number of allylic oxidation sites excluding steroid dienone is 1. The third-order valence-corrected chi connectivity index (χ3v) is 3.48. The predicted molar refractivity (Wildman–Crippen MR) is 66.9 cm³/mol. The average molecular weight is 218 g/mol. The second kappa shape index (κ2) is 4.53. The summed E-state index contributed by atoms with van der Waals surface area (Å²) in [6.07, 6.45) is 5.68. The summed E-state index contributed by atoms with van der Waals surface area (Å²) in [6, 6.07) is 10.4. The van der Waals surface area contributed by atoms with E-state index in [-0.39, 0.29) is 4.99 Å². The molecule has 0 aliphatic carbocycles. The van der Waals surface area contributed by atoms with Crippen LogP contribution in [0.4, 0.5) is 0 Å². The maximum absolute atomic E-state index is 4.42. The van der Waals surface area contributed by atoms with Crippen molar-refractivity contribution in [1.82, 2.24) is 5.32 Å². The zero-order valence-corrected chi connectivity index (χ0v) is 9.50. The van der Waals surface area contributed by atoms with Gasteiger partial charge in [0, 0.05) is 18.2 Å². The zero-order valence-electron chi connectivity index (χ0n) is 8.68. The summed E-state index contributed by atoms with van der Waals surface area (Å²) in [5.74, 6) is 0.968. The van der Waals surface area contributed by atoms with E-state index in [0.717, 1.165) is 5.75 Å². The largest absolute Gasteiger partial charge is 0.359 e. The number of thioether (sulfide) groups is 1. The molecule has 78 valence electrons. The molecule has 0 saturated heterocycles. The van der Waals surface area contributed by atoms with Crippen molar-refractivity contribution in [3.05, 3.63) is 48.2 Å². The highest BCUT2D eigenvalue weighted by Gasteiger charge is 2.21. The van der Waals surface area contributed by atoms with E-state index in [0.29, 0.717) is 0 Å². The van der Waals surface area contributed by atoms with Crippen LogP contribution in [0.3, 0.4) is 0 Å². The molecule has 2 nitrogen and oxygen atoms in total. The van der Waals surface area contributed by atoms with E-state index >= 15 is 0 Å². The summed E-state index contributed by atoms with van der Waals surface area (Å²) in [5.41, 5.74) is 1.33. The molecule has 0 amide bonds. The first kappa shape index (κ1) is 10.3. The van der Waals surface area contributed by atoms with Gasteiger partial charge in [0.25, 0.3) is 0 Å². The SMILES string of the molecule is CC1(SCc2ccccc2)N=CC=CN1. The Morgan fingerprint density at radius 3 is 2.80 bits per heavy atom. The summed E-state index contributed by atoms with van der Waals surface area (Å²) in [7, 11) is 0. The number of hydrogen-bond acceptors (Lipinski definition) is 3. The molecular formula is C12H14N2S. The van der Waals surface area contributed by atoms with Crippen LogP contribution in [0, 0.1) is 0 Å². The number of hydrogen-bond donors (Lipinski definition) is 1. The van der Waals surface area contributed by atoms with Gasteiger partial charge in [-0.15, -0.1) is 11.8 Å². The fourth-order valence-corrected chi connectivity index (χ4v) is 2.27. The highest BCUT2D eigenvalue weighted by atomic mass is 32.2. The van der Waals surface area contributed by atoms with Gasteiger partial charge in [-0.3, -0.25) is 4.99 Å². The topological polar surface area (TPSA) is 24.4 Å². The Morgan fingerprint density at radius 1 is 1.33 bits per heavy atom. The van der Waals surface area contributed by atoms with Gasteiger partial charge in [0.1, 0.15) is 0 Å². The Hall–Kier alpha value is -1.22. The molecule has 2 rings (SSSR count). The summed E-state index contributed by atoms with van der Waals surface area (Å²) in [5, 5.41) is 3.25. The van der Waals surface area contributed by atoms with E-state index in [4.69, 9.17) is 0 Å². The van der Waals surface area contributed by atoms with Crippen LogP contribution in [0.25, 0.3) is 0 Å². The fourth-order valence-electron chi connectivity index (χ4n) is 1.35. The molecule has 1 unspecified atom stereocenters. The molecule has 0 radical (unpaired) electrons. The lowest BCUT2D eigenvalue weighted by Gasteiger charge is -2.26. The molecule has 0 fully saturated rings. The van der Waals surface area contributed by atoms with E-state index in [9.17, 15) is 0 Å². The van der Waals surface area contributed by atoms with Crippen molar-refractivity contribution in [2.24, 2.45) is 4.99 Å². The van der Waals surface area contributed by atoms with Crippen LogP contribution in [-0.2, 0) is 5.75 Å². The van der Waals surface area contributed by atoms with Crippen LogP contribution >= 0.6 is 11.8 Å². The average Bonchev–Trinajstić information content (AvgIpc) is 2.29. The third kappa shape index (κ3) is 2.86. The second-order valence-electron chi connectivity index (χ2n) is 3.54. The molecule has 1 aromatic rings. The standard InChI is InChI=1S/C12H14N2S/c1-12(13-8-5-9-14-12)15-10-11-6-3-2-4-7-11/h2-9,13H,10H2,1H3. The summed E-state index contributed by atoms with van der Waals surface area (Å²) >= 11 is 1.79. The smallest absolute Gasteiger partial charge is 0.174 e. The number of rotatable bonds is 3. The van der Waals surface area contributed by atoms with Crippen molar-refractivity contribution < 1.29 is 0 Å². The monoisotopic (exact) mass is 218 g/mol. The molecule has 0 saturated carbocycles. The van der Waals surface area contributed by atoms with E-state index in [1.54, 1.807) is 11.8 Å². The minimum absolute atomic E-state index is 0.218. The highest BCUT2D eigenvalue weighted by Crippen LogP contribution is 2.28. The molecule has 0 bridgehead atoms. The minimum Gasteiger partial charge on any atom is -0.359 e. The third-order valence-electron chi connectivity index (χ3n) is 2.22. The Morgan fingerprint density at radius 2 is 2.13 bits per heavy atom. The molecule has 3 heteroatoms. The summed E-state index contributed by atoms with van der Waals surface area (Å²) in [4.78, 5) is 4.20. The zero-order chi connectivity index (χ0) is 10.6. The van der Waals surface area contributed by atoms with Crippen molar-refractivity contribution in [1.29, 1.82) is 0 Å². The number of benzene rings is 1. The molecule has 1 heterocycles. The normalized spacial score (nSPS) is 23.8. The first-order valence-electron chi connectivity index (χ1n) is 4.94. The number of nitrogens with one attached hydrogen (secondary N) is 1. The quantitative estimate of drug-likeness (QED) is 0.843. The molecular weight excluding hydrogens is 204 g/mol. The van der Waals surface area contributed by atoms with Crippen LogP contribution in [0.15, 0.2) is 47.6 Å². The van der Waals surface area contributed by atoms with Crippen LogP contribution in [0.2, 0.25) is 0 Å². The maximum atomic E-state index is 4.42. The van der Waals surface area contributed by atoms with Crippen molar-refractivity contribution >= 4 is 18.0 Å². The van der Waals surface area contributed by atoms with Crippen molar-refractivity contribution in [2.75, 3.05) is 0 Å². The van der Waals surface area contributed by atoms with Crippen molar-refractivity contribution in [3.63, 3.8) is 0 Å². The molecule has 1 aromatic carbocycles. The lowest BCUT2D eigenvalue weighted by Crippen LogP contribution is -2.35. The second-order valence-corrected chi connectivity index (χ2v) is 4.91. The van der Waals surface area contributed by atoms with Crippen molar-refractivity contribution in [3.8, 4) is 0 Å². The molecule has 1 aliphatic heterocycles. The summed E-state index contributed by atoms with van der Waals surface area (Å²) < 4.78 is 0. The van der Waals surface area contributed by atoms with Gasteiger partial charge < -0.3 is 5.32 Å². The number of nitrogens with zero attached hydrogens (tertiary/aromatic N) is 1. The van der Waals surface area contributed by atoms with Gasteiger partial charge in [-0.25, -0.2) is 0 Å². The van der Waals surface area contributed by atoms with Crippen LogP contribution in [0.5, 0.6) is 0 Å². The Balaban J connectivity index is 1.93. The Kier molecular flexibility index (Phi) is 3.11.